The number of aliphatic hydroxyl groups excluding tert-OH is 1. The quantitative estimate of drug-likeness (QED) is 0.409. The van der Waals surface area contributed by atoms with Crippen LogP contribution in [0.15, 0.2) is 35.4 Å². The lowest BCUT2D eigenvalue weighted by molar-refractivity contribution is -0.0719. The van der Waals surface area contributed by atoms with Crippen LogP contribution in [0.3, 0.4) is 0 Å². The molecule has 1 aromatic carbocycles. The molecule has 1 aliphatic carbocycles. The topological polar surface area (TPSA) is 40.5 Å². The van der Waals surface area contributed by atoms with E-state index in [1.54, 1.807) is 0 Å². The highest BCUT2D eigenvalue weighted by molar-refractivity contribution is 5.52. The molecule has 2 rings (SSSR count). The Morgan fingerprint density at radius 3 is 1.94 bits per heavy atom. The molecule has 0 heterocycles. The van der Waals surface area contributed by atoms with Gasteiger partial charge in [0.2, 0.25) is 0 Å². The molecule has 2 unspecified atom stereocenters. The van der Waals surface area contributed by atoms with Crippen molar-refractivity contribution in [1.82, 2.24) is 0 Å². The molecule has 0 radical (unpaired) electrons. The van der Waals surface area contributed by atoms with Crippen LogP contribution in [0.25, 0.3) is 0 Å². The number of phenolic OH excluding ortho intramolecular Hbond substituents is 1. The van der Waals surface area contributed by atoms with Crippen molar-refractivity contribution < 1.29 is 10.2 Å². The third-order valence-electron chi connectivity index (χ3n) is 8.23. The zero-order valence-corrected chi connectivity index (χ0v) is 24.2. The Labute approximate surface area is 210 Å². The molecule has 2 nitrogen and oxygen atoms in total. The summed E-state index contributed by atoms with van der Waals surface area (Å²) in [7, 11) is 0. The van der Waals surface area contributed by atoms with Gasteiger partial charge in [0.25, 0.3) is 0 Å². The molecule has 2 N–H and O–H groups in total. The summed E-state index contributed by atoms with van der Waals surface area (Å²) in [5.74, 6) is 0.626. The van der Waals surface area contributed by atoms with Crippen LogP contribution in [0.2, 0.25) is 0 Å². The number of hydrogen-bond acceptors (Lipinski definition) is 2. The average Bonchev–Trinajstić information content (AvgIpc) is 2.63. The van der Waals surface area contributed by atoms with Gasteiger partial charge >= 0.3 is 0 Å². The molecule has 34 heavy (non-hydrogen) atoms. The van der Waals surface area contributed by atoms with Crippen molar-refractivity contribution >= 4 is 0 Å². The SMILES string of the molecule is CCCCCC(C1=CC(C(C)(C)C)(C(C)(C)C)C(O)C=C1C)c1cc(C(C)(C)C)c(O)cc1C. The number of allylic oxidation sites excluding steroid dienone is 2. The predicted octanol–water partition coefficient (Wildman–Crippen LogP) is 8.99. The maximum atomic E-state index is 11.5. The molecule has 1 aromatic rings. The average molecular weight is 469 g/mol. The van der Waals surface area contributed by atoms with E-state index in [1.807, 2.05) is 6.07 Å². The highest BCUT2D eigenvalue weighted by atomic mass is 16.3. The van der Waals surface area contributed by atoms with Crippen molar-refractivity contribution in [1.29, 1.82) is 0 Å². The second-order valence-corrected chi connectivity index (χ2v) is 13.8. The van der Waals surface area contributed by atoms with Crippen molar-refractivity contribution in [2.45, 2.75) is 126 Å². The van der Waals surface area contributed by atoms with Gasteiger partial charge in [-0.25, -0.2) is 0 Å². The zero-order chi connectivity index (χ0) is 26.3. The van der Waals surface area contributed by atoms with Crippen molar-refractivity contribution in [3.05, 3.63) is 52.1 Å². The number of benzene rings is 1. The summed E-state index contributed by atoms with van der Waals surface area (Å²) >= 11 is 0. The van der Waals surface area contributed by atoms with E-state index in [4.69, 9.17) is 0 Å². The van der Waals surface area contributed by atoms with E-state index in [1.165, 1.54) is 29.6 Å². The number of aryl methyl sites for hydroxylation is 1. The first-order chi connectivity index (χ1) is 15.4. The fraction of sp³-hybridized carbons (Fsp3) is 0.688. The van der Waals surface area contributed by atoms with Gasteiger partial charge in [-0.3, -0.25) is 0 Å². The fourth-order valence-electron chi connectivity index (χ4n) is 6.49. The lowest BCUT2D eigenvalue weighted by Gasteiger charge is -2.56. The molecule has 0 aromatic heterocycles. The number of aliphatic hydroxyl groups is 1. The lowest BCUT2D eigenvalue weighted by Crippen LogP contribution is -2.54. The van der Waals surface area contributed by atoms with Gasteiger partial charge in [-0.15, -0.1) is 0 Å². The summed E-state index contributed by atoms with van der Waals surface area (Å²) in [5.41, 5.74) is 5.21. The Hall–Kier alpha value is -1.54. The summed E-state index contributed by atoms with van der Waals surface area (Å²) in [6.07, 6.45) is 8.67. The van der Waals surface area contributed by atoms with E-state index in [9.17, 15) is 10.2 Å². The minimum Gasteiger partial charge on any atom is -0.508 e. The number of rotatable bonds is 6. The van der Waals surface area contributed by atoms with Crippen LogP contribution < -0.4 is 0 Å². The van der Waals surface area contributed by atoms with Gasteiger partial charge in [0.05, 0.1) is 6.10 Å². The molecule has 0 spiro atoms. The first-order valence-corrected chi connectivity index (χ1v) is 13.3. The maximum Gasteiger partial charge on any atom is 0.119 e. The van der Waals surface area contributed by atoms with Crippen LogP contribution in [0.1, 0.15) is 124 Å². The molecule has 1 aliphatic rings. The van der Waals surface area contributed by atoms with Gasteiger partial charge in [0.15, 0.2) is 0 Å². The monoisotopic (exact) mass is 468 g/mol. The Morgan fingerprint density at radius 2 is 1.47 bits per heavy atom. The predicted molar refractivity (Wildman–Crippen MR) is 148 cm³/mol. The molecule has 0 bridgehead atoms. The van der Waals surface area contributed by atoms with Crippen LogP contribution in [0.5, 0.6) is 5.75 Å². The molecular formula is C32H52O2. The fourth-order valence-corrected chi connectivity index (χ4v) is 6.49. The second kappa shape index (κ2) is 9.84. The van der Waals surface area contributed by atoms with E-state index >= 15 is 0 Å². The van der Waals surface area contributed by atoms with Gasteiger partial charge in [0.1, 0.15) is 5.75 Å². The molecule has 0 saturated carbocycles. The summed E-state index contributed by atoms with van der Waals surface area (Å²) in [6, 6.07) is 4.22. The number of aromatic hydroxyl groups is 1. The van der Waals surface area contributed by atoms with Gasteiger partial charge in [0, 0.05) is 11.3 Å². The van der Waals surface area contributed by atoms with Crippen molar-refractivity contribution in [3.63, 3.8) is 0 Å². The van der Waals surface area contributed by atoms with Crippen LogP contribution in [0.4, 0.5) is 0 Å². The molecule has 192 valence electrons. The molecule has 0 aliphatic heterocycles. The van der Waals surface area contributed by atoms with Crippen LogP contribution >= 0.6 is 0 Å². The molecular weight excluding hydrogens is 416 g/mol. The Kier molecular flexibility index (Phi) is 8.31. The van der Waals surface area contributed by atoms with Crippen LogP contribution in [-0.2, 0) is 5.41 Å². The molecule has 0 saturated heterocycles. The Morgan fingerprint density at radius 1 is 0.912 bits per heavy atom. The van der Waals surface area contributed by atoms with E-state index < -0.39 is 11.5 Å². The van der Waals surface area contributed by atoms with E-state index in [-0.39, 0.29) is 22.2 Å². The molecule has 2 heteroatoms. The third-order valence-corrected chi connectivity index (χ3v) is 8.23. The normalized spacial score (nSPS) is 20.1. The standard InChI is InChI=1S/C32H52O2/c1-13-14-15-16-23(24-19-26(29(4,5)6)27(33)17-21(24)2)25-20-32(30(7,8)9,31(10,11)12)28(34)18-22(25)3/h17-20,23,28,33-34H,13-16H2,1-12H3. The van der Waals surface area contributed by atoms with Crippen molar-refractivity contribution in [2.75, 3.05) is 0 Å². The minimum absolute atomic E-state index is 0.123. The Bertz CT molecular complexity index is 911. The minimum atomic E-state index is -0.529. The summed E-state index contributed by atoms with van der Waals surface area (Å²) in [6.45, 7) is 26.6. The number of phenols is 1. The van der Waals surface area contributed by atoms with Gasteiger partial charge in [-0.05, 0) is 70.4 Å². The smallest absolute Gasteiger partial charge is 0.119 e. The van der Waals surface area contributed by atoms with Crippen LogP contribution in [-0.4, -0.2) is 16.3 Å². The second-order valence-electron chi connectivity index (χ2n) is 13.8. The van der Waals surface area contributed by atoms with E-state index in [0.29, 0.717) is 5.75 Å². The largest absolute Gasteiger partial charge is 0.508 e. The summed E-state index contributed by atoms with van der Waals surface area (Å²) in [4.78, 5) is 0. The number of unbranched alkanes of at least 4 members (excludes halogenated alkanes) is 2. The molecule has 0 fully saturated rings. The van der Waals surface area contributed by atoms with E-state index in [0.717, 1.165) is 24.0 Å². The van der Waals surface area contributed by atoms with Gasteiger partial charge < -0.3 is 10.2 Å². The maximum absolute atomic E-state index is 11.5. The molecule has 2 atom stereocenters. The molecule has 0 amide bonds. The first kappa shape index (κ1) is 28.7. The highest BCUT2D eigenvalue weighted by Gasteiger charge is 2.55. The Balaban J connectivity index is 2.84. The summed E-state index contributed by atoms with van der Waals surface area (Å²) in [5, 5.41) is 22.3. The third kappa shape index (κ3) is 5.32. The lowest BCUT2D eigenvalue weighted by atomic mass is 9.49. The highest BCUT2D eigenvalue weighted by Crippen LogP contribution is 2.59. The first-order valence-electron chi connectivity index (χ1n) is 13.3. The number of hydrogen-bond donors (Lipinski definition) is 2. The van der Waals surface area contributed by atoms with Crippen molar-refractivity contribution in [3.8, 4) is 5.75 Å². The van der Waals surface area contributed by atoms with Gasteiger partial charge in [-0.1, -0.05) is 107 Å². The van der Waals surface area contributed by atoms with Crippen LogP contribution in [0, 0.1) is 23.2 Å². The zero-order valence-electron chi connectivity index (χ0n) is 24.2. The van der Waals surface area contributed by atoms with Gasteiger partial charge in [-0.2, -0.15) is 0 Å². The van der Waals surface area contributed by atoms with Crippen molar-refractivity contribution in [2.24, 2.45) is 16.2 Å². The summed E-state index contributed by atoms with van der Waals surface area (Å²) < 4.78 is 0. The van der Waals surface area contributed by atoms with E-state index in [2.05, 4.69) is 101 Å².